The Bertz CT molecular complexity index is 812. The first kappa shape index (κ1) is 17.4. The minimum atomic E-state index is -0.719. The zero-order valence-electron chi connectivity index (χ0n) is 13.8. The topological polar surface area (TPSA) is 80.4 Å². The third-order valence-corrected chi connectivity index (χ3v) is 4.91. The van der Waals surface area contributed by atoms with Crippen LogP contribution in [0, 0.1) is 5.82 Å². The van der Waals surface area contributed by atoms with Crippen LogP contribution in [0.15, 0.2) is 47.7 Å². The maximum atomic E-state index is 14.4. The van der Waals surface area contributed by atoms with Crippen molar-refractivity contribution in [2.24, 2.45) is 10.7 Å². The summed E-state index contributed by atoms with van der Waals surface area (Å²) in [7, 11) is 0. The Balaban J connectivity index is 1.80. The van der Waals surface area contributed by atoms with Crippen molar-refractivity contribution in [1.82, 2.24) is 4.98 Å². The molecule has 0 radical (unpaired) electrons. The van der Waals surface area contributed by atoms with E-state index in [4.69, 9.17) is 5.73 Å². The molecule has 0 saturated carbocycles. The predicted molar refractivity (Wildman–Crippen MR) is 99.0 cm³/mol. The molecular formula is C18H19FN4OS. The van der Waals surface area contributed by atoms with E-state index in [1.54, 1.807) is 30.6 Å². The number of aliphatic imine (C=N–C) groups is 1. The van der Waals surface area contributed by atoms with Gasteiger partial charge in [0.25, 0.3) is 0 Å². The van der Waals surface area contributed by atoms with Crippen LogP contribution in [0.1, 0.15) is 24.5 Å². The summed E-state index contributed by atoms with van der Waals surface area (Å²) < 4.78 is 14.4. The fraction of sp³-hybridized carbons (Fsp3) is 0.278. The Kier molecular flexibility index (Phi) is 5.03. The molecule has 1 amide bonds. The predicted octanol–water partition coefficient (Wildman–Crippen LogP) is 3.07. The maximum Gasteiger partial charge on any atom is 0.228 e. The highest BCUT2D eigenvalue weighted by Crippen LogP contribution is 2.37. The number of amidine groups is 1. The molecule has 1 aliphatic rings. The van der Waals surface area contributed by atoms with Gasteiger partial charge in [0.2, 0.25) is 5.91 Å². The van der Waals surface area contributed by atoms with Crippen molar-refractivity contribution < 1.29 is 9.18 Å². The minimum Gasteiger partial charge on any atom is -0.379 e. The van der Waals surface area contributed by atoms with Crippen LogP contribution in [0.5, 0.6) is 0 Å². The van der Waals surface area contributed by atoms with Crippen molar-refractivity contribution in [2.45, 2.75) is 25.3 Å². The number of hydrogen-bond donors (Lipinski definition) is 2. The van der Waals surface area contributed by atoms with Crippen molar-refractivity contribution >= 4 is 28.5 Å². The van der Waals surface area contributed by atoms with Gasteiger partial charge < -0.3 is 11.1 Å². The summed E-state index contributed by atoms with van der Waals surface area (Å²) in [6, 6.07) is 8.16. The highest BCUT2D eigenvalue weighted by atomic mass is 32.2. The quantitative estimate of drug-likeness (QED) is 0.880. The summed E-state index contributed by atoms with van der Waals surface area (Å²) in [5, 5.41) is 3.26. The summed E-state index contributed by atoms with van der Waals surface area (Å²) in [5.41, 5.74) is 6.89. The molecule has 0 fully saturated rings. The number of nitrogens with one attached hydrogen (secondary N) is 1. The normalized spacial score (nSPS) is 20.0. The molecule has 7 heteroatoms. The number of nitrogens with zero attached hydrogens (tertiary/aromatic N) is 2. The minimum absolute atomic E-state index is 0.182. The van der Waals surface area contributed by atoms with Gasteiger partial charge in [0.15, 0.2) is 5.17 Å². The van der Waals surface area contributed by atoms with Crippen molar-refractivity contribution in [1.29, 1.82) is 0 Å². The van der Waals surface area contributed by atoms with E-state index in [2.05, 4.69) is 15.3 Å². The van der Waals surface area contributed by atoms with Gasteiger partial charge in [-0.1, -0.05) is 17.8 Å². The van der Waals surface area contributed by atoms with E-state index in [1.165, 1.54) is 17.8 Å². The number of aromatic nitrogens is 1. The first-order chi connectivity index (χ1) is 12.0. The van der Waals surface area contributed by atoms with E-state index in [0.717, 1.165) is 11.3 Å². The molecule has 1 aromatic heterocycles. The highest BCUT2D eigenvalue weighted by Gasteiger charge is 2.32. The van der Waals surface area contributed by atoms with E-state index >= 15 is 0 Å². The molecule has 0 spiro atoms. The van der Waals surface area contributed by atoms with Crippen molar-refractivity contribution in [3.8, 4) is 0 Å². The summed E-state index contributed by atoms with van der Waals surface area (Å²) >= 11 is 1.47. The molecule has 2 aromatic rings. The van der Waals surface area contributed by atoms with Crippen LogP contribution >= 0.6 is 11.8 Å². The molecule has 1 unspecified atom stereocenters. The lowest BCUT2D eigenvalue weighted by atomic mass is 9.89. The van der Waals surface area contributed by atoms with Crippen molar-refractivity contribution in [3.63, 3.8) is 0 Å². The van der Waals surface area contributed by atoms with Crippen LogP contribution in [0.3, 0.4) is 0 Å². The second-order valence-electron chi connectivity index (χ2n) is 6.10. The van der Waals surface area contributed by atoms with Gasteiger partial charge in [-0.2, -0.15) is 0 Å². The standard InChI is InChI=1S/C18H19FN4OS/c1-18(6-8-25-17(20)23-18)14-10-13(4-5-15(14)19)22-16(24)9-12-3-2-7-21-11-12/h2-5,7,10-11H,6,8-9H2,1H3,(H2,20,23)(H,22,24). The van der Waals surface area contributed by atoms with Crippen LogP contribution in [0.2, 0.25) is 0 Å². The molecule has 25 heavy (non-hydrogen) atoms. The second kappa shape index (κ2) is 7.23. The van der Waals surface area contributed by atoms with Crippen LogP contribution in [0.25, 0.3) is 0 Å². The first-order valence-electron chi connectivity index (χ1n) is 7.93. The number of carbonyl (C=O) groups is 1. The third kappa shape index (κ3) is 4.17. The number of carbonyl (C=O) groups excluding carboxylic acids is 1. The van der Waals surface area contributed by atoms with Gasteiger partial charge in [0.05, 0.1) is 12.0 Å². The highest BCUT2D eigenvalue weighted by molar-refractivity contribution is 8.13. The van der Waals surface area contributed by atoms with E-state index < -0.39 is 5.54 Å². The second-order valence-corrected chi connectivity index (χ2v) is 7.22. The van der Waals surface area contributed by atoms with Gasteiger partial charge in [0, 0.05) is 29.4 Å². The Labute approximate surface area is 149 Å². The molecule has 0 aliphatic carbocycles. The molecule has 1 aliphatic heterocycles. The molecule has 130 valence electrons. The summed E-state index contributed by atoms with van der Waals surface area (Å²) in [6.07, 6.45) is 4.19. The zero-order valence-corrected chi connectivity index (χ0v) is 14.6. The Morgan fingerprint density at radius 1 is 1.44 bits per heavy atom. The lowest BCUT2D eigenvalue weighted by Gasteiger charge is -2.30. The number of thioether (sulfide) groups is 1. The number of pyridine rings is 1. The van der Waals surface area contributed by atoms with Crippen LogP contribution in [-0.2, 0) is 16.8 Å². The number of hydrogen-bond acceptors (Lipinski definition) is 5. The summed E-state index contributed by atoms with van der Waals surface area (Å²) in [4.78, 5) is 20.6. The van der Waals surface area contributed by atoms with E-state index in [1.807, 2.05) is 13.0 Å². The number of amides is 1. The van der Waals surface area contributed by atoms with E-state index in [-0.39, 0.29) is 18.1 Å². The third-order valence-electron chi connectivity index (χ3n) is 4.11. The van der Waals surface area contributed by atoms with Gasteiger partial charge in [-0.3, -0.25) is 14.8 Å². The molecular weight excluding hydrogens is 339 g/mol. The smallest absolute Gasteiger partial charge is 0.228 e. The van der Waals surface area contributed by atoms with E-state index in [0.29, 0.717) is 22.8 Å². The molecule has 5 nitrogen and oxygen atoms in total. The van der Waals surface area contributed by atoms with Gasteiger partial charge >= 0.3 is 0 Å². The number of nitrogens with two attached hydrogens (primary N) is 1. The average molecular weight is 358 g/mol. The fourth-order valence-corrected chi connectivity index (χ4v) is 3.76. The van der Waals surface area contributed by atoms with Gasteiger partial charge in [-0.15, -0.1) is 0 Å². The van der Waals surface area contributed by atoms with Crippen LogP contribution in [-0.4, -0.2) is 21.8 Å². The van der Waals surface area contributed by atoms with E-state index in [9.17, 15) is 9.18 Å². The molecule has 1 aromatic carbocycles. The maximum absolute atomic E-state index is 14.4. The van der Waals surface area contributed by atoms with Crippen molar-refractivity contribution in [3.05, 3.63) is 59.7 Å². The molecule has 3 rings (SSSR count). The number of benzene rings is 1. The van der Waals surface area contributed by atoms with Crippen LogP contribution in [0.4, 0.5) is 10.1 Å². The monoisotopic (exact) mass is 358 g/mol. The number of halogens is 1. The van der Waals surface area contributed by atoms with Gasteiger partial charge in [-0.05, 0) is 43.2 Å². The zero-order chi connectivity index (χ0) is 17.9. The first-order valence-corrected chi connectivity index (χ1v) is 8.92. The Hall–Kier alpha value is -2.41. The Morgan fingerprint density at radius 3 is 3.00 bits per heavy atom. The molecule has 0 bridgehead atoms. The summed E-state index contributed by atoms with van der Waals surface area (Å²) in [6.45, 7) is 1.86. The molecule has 2 heterocycles. The van der Waals surface area contributed by atoms with Gasteiger partial charge in [-0.25, -0.2) is 4.39 Å². The Morgan fingerprint density at radius 2 is 2.28 bits per heavy atom. The number of rotatable bonds is 4. The molecule has 3 N–H and O–H groups in total. The fourth-order valence-electron chi connectivity index (χ4n) is 2.79. The van der Waals surface area contributed by atoms with Crippen LogP contribution < -0.4 is 11.1 Å². The lowest BCUT2D eigenvalue weighted by Crippen LogP contribution is -2.30. The lowest BCUT2D eigenvalue weighted by molar-refractivity contribution is -0.115. The number of anilines is 1. The molecule has 1 atom stereocenters. The average Bonchev–Trinajstić information content (AvgIpc) is 2.57. The largest absolute Gasteiger partial charge is 0.379 e. The van der Waals surface area contributed by atoms with Gasteiger partial charge in [0.1, 0.15) is 5.82 Å². The van der Waals surface area contributed by atoms with Crippen molar-refractivity contribution in [2.75, 3.05) is 11.1 Å². The summed E-state index contributed by atoms with van der Waals surface area (Å²) in [5.74, 6) is 0.247. The SMILES string of the molecule is CC1(c2cc(NC(=O)Cc3cccnc3)ccc2F)CCSC(N)=N1. The molecule has 0 saturated heterocycles.